The molecule has 0 fully saturated rings. The second-order valence-electron chi connectivity index (χ2n) is 7.41. The van der Waals surface area contributed by atoms with Crippen LogP contribution in [0.4, 0.5) is 11.4 Å². The van der Waals surface area contributed by atoms with Crippen LogP contribution in [-0.4, -0.2) is 26.8 Å². The highest BCUT2D eigenvalue weighted by Crippen LogP contribution is 2.21. The largest absolute Gasteiger partial charge is 0.280 e. The van der Waals surface area contributed by atoms with Crippen molar-refractivity contribution in [3.05, 3.63) is 107 Å². The van der Waals surface area contributed by atoms with Gasteiger partial charge in [0, 0.05) is 23.8 Å². The number of halogens is 2. The summed E-state index contributed by atoms with van der Waals surface area (Å²) in [6.07, 6.45) is 2.95. The van der Waals surface area contributed by atoms with Gasteiger partial charge in [0.05, 0.1) is 0 Å². The highest BCUT2D eigenvalue weighted by molar-refractivity contribution is 7.93. The Labute approximate surface area is 213 Å². The fourth-order valence-electron chi connectivity index (χ4n) is 3.09. The van der Waals surface area contributed by atoms with Crippen LogP contribution in [0.1, 0.15) is 11.1 Å². The molecule has 0 unspecified atom stereocenters. The fraction of sp³-hybridized carbons (Fsp3) is 0.0435. The predicted octanol–water partition coefficient (Wildman–Crippen LogP) is 4.98. The van der Waals surface area contributed by atoms with Crippen LogP contribution < -0.4 is 9.44 Å². The molecule has 2 heterocycles. The molecule has 35 heavy (non-hydrogen) atoms. The molecule has 4 aromatic rings. The summed E-state index contributed by atoms with van der Waals surface area (Å²) in [6.45, 7) is 0. The summed E-state index contributed by atoms with van der Waals surface area (Å²) in [7, 11) is -7.56. The van der Waals surface area contributed by atoms with E-state index in [0.717, 1.165) is 11.1 Å². The van der Waals surface area contributed by atoms with E-state index < -0.39 is 20.0 Å². The molecule has 0 radical (unpaired) electrons. The first kappa shape index (κ1) is 24.9. The van der Waals surface area contributed by atoms with Gasteiger partial charge in [0.2, 0.25) is 0 Å². The molecule has 0 bridgehead atoms. The highest BCUT2D eigenvalue weighted by atomic mass is 35.5. The second-order valence-corrected chi connectivity index (χ2v) is 11.6. The third-order valence-corrected chi connectivity index (χ3v) is 8.02. The minimum Gasteiger partial charge on any atom is -0.280 e. The Balaban J connectivity index is 1.39. The van der Waals surface area contributed by atoms with Gasteiger partial charge < -0.3 is 0 Å². The monoisotopic (exact) mass is 548 g/mol. The summed E-state index contributed by atoms with van der Waals surface area (Å²) in [5.41, 5.74) is 2.71. The SMILES string of the molecule is O=S(=O)(Nc1ccc(Cc2ccc(NS(=O)(=O)c3ccc(Cl)nc3)cc2)cc1)c1ccc(Cl)nc1. The molecule has 0 aliphatic rings. The molecular formula is C23H18Cl2N4O4S2. The Kier molecular flexibility index (Phi) is 7.27. The van der Waals surface area contributed by atoms with Gasteiger partial charge in [-0.1, -0.05) is 47.5 Å². The van der Waals surface area contributed by atoms with Gasteiger partial charge >= 0.3 is 0 Å². The van der Waals surface area contributed by atoms with Crippen LogP contribution in [0.2, 0.25) is 10.3 Å². The lowest BCUT2D eigenvalue weighted by atomic mass is 10.0. The number of nitrogens with one attached hydrogen (secondary N) is 2. The summed E-state index contributed by atoms with van der Waals surface area (Å²) in [5.74, 6) is 0. The molecule has 2 aromatic heterocycles. The maximum Gasteiger partial charge on any atom is 0.263 e. The van der Waals surface area contributed by atoms with Crippen LogP contribution in [0.25, 0.3) is 0 Å². The molecule has 180 valence electrons. The molecule has 4 rings (SSSR count). The average Bonchev–Trinajstić information content (AvgIpc) is 2.82. The molecule has 0 saturated carbocycles. The first-order chi connectivity index (χ1) is 16.6. The van der Waals surface area contributed by atoms with E-state index in [9.17, 15) is 16.8 Å². The van der Waals surface area contributed by atoms with Crippen LogP contribution >= 0.6 is 23.2 Å². The summed E-state index contributed by atoms with van der Waals surface area (Å²) >= 11 is 11.4. The molecular weight excluding hydrogens is 531 g/mol. The first-order valence-corrected chi connectivity index (χ1v) is 13.8. The predicted molar refractivity (Wildman–Crippen MR) is 136 cm³/mol. The molecule has 2 N–H and O–H groups in total. The van der Waals surface area contributed by atoms with Gasteiger partial charge in [0.1, 0.15) is 20.1 Å². The van der Waals surface area contributed by atoms with Crippen LogP contribution in [0, 0.1) is 0 Å². The van der Waals surface area contributed by atoms with Crippen molar-refractivity contribution in [3.63, 3.8) is 0 Å². The van der Waals surface area contributed by atoms with Crippen LogP contribution in [0.15, 0.2) is 95.0 Å². The molecule has 0 amide bonds. The van der Waals surface area contributed by atoms with E-state index in [0.29, 0.717) is 17.8 Å². The number of nitrogens with zero attached hydrogens (tertiary/aromatic N) is 2. The number of sulfonamides is 2. The van der Waals surface area contributed by atoms with Gasteiger partial charge in [-0.2, -0.15) is 0 Å². The van der Waals surface area contributed by atoms with E-state index in [1.807, 2.05) is 24.3 Å². The maximum atomic E-state index is 12.5. The molecule has 8 nitrogen and oxygen atoms in total. The van der Waals surface area contributed by atoms with Crippen molar-refractivity contribution in [2.24, 2.45) is 0 Å². The number of benzene rings is 2. The smallest absolute Gasteiger partial charge is 0.263 e. The van der Waals surface area contributed by atoms with Crippen LogP contribution in [-0.2, 0) is 26.5 Å². The molecule has 0 atom stereocenters. The van der Waals surface area contributed by atoms with Gasteiger partial charge in [-0.25, -0.2) is 26.8 Å². The number of hydrogen-bond acceptors (Lipinski definition) is 6. The Morgan fingerprint density at radius 2 is 0.943 bits per heavy atom. The highest BCUT2D eigenvalue weighted by Gasteiger charge is 2.16. The zero-order valence-electron chi connectivity index (χ0n) is 17.9. The minimum absolute atomic E-state index is 0.00835. The standard InChI is InChI=1S/C23H18Cl2N4O4S2/c24-22-11-9-20(14-26-22)34(30,31)28-18-5-1-16(2-6-18)13-17-3-7-19(8-4-17)29-35(32,33)21-10-12-23(25)27-15-21/h1-12,14-15,28-29H,13H2. The van der Waals surface area contributed by atoms with E-state index >= 15 is 0 Å². The van der Waals surface area contributed by atoms with Gasteiger partial charge in [0.25, 0.3) is 20.0 Å². The maximum absolute atomic E-state index is 12.5. The Hall–Kier alpha value is -3.18. The van der Waals surface area contributed by atoms with Crippen molar-refractivity contribution >= 4 is 54.6 Å². The Morgan fingerprint density at radius 3 is 1.26 bits per heavy atom. The van der Waals surface area contributed by atoms with E-state index in [2.05, 4.69) is 19.4 Å². The zero-order chi connectivity index (χ0) is 25.1. The van der Waals surface area contributed by atoms with Gasteiger partial charge in [-0.15, -0.1) is 0 Å². The van der Waals surface area contributed by atoms with E-state index in [-0.39, 0.29) is 20.1 Å². The number of hydrogen-bond donors (Lipinski definition) is 2. The molecule has 0 aliphatic carbocycles. The third kappa shape index (κ3) is 6.49. The number of aromatic nitrogens is 2. The van der Waals surface area contributed by atoms with Crippen molar-refractivity contribution in [3.8, 4) is 0 Å². The van der Waals surface area contributed by atoms with Gasteiger partial charge in [-0.05, 0) is 66.1 Å². The van der Waals surface area contributed by atoms with E-state index in [1.165, 1.54) is 36.7 Å². The van der Waals surface area contributed by atoms with Crippen molar-refractivity contribution in [2.75, 3.05) is 9.44 Å². The lowest BCUT2D eigenvalue weighted by Crippen LogP contribution is -2.13. The topological polar surface area (TPSA) is 118 Å². The Bertz CT molecular complexity index is 1410. The summed E-state index contributed by atoms with van der Waals surface area (Å²) in [5, 5.41) is 0.412. The normalized spacial score (nSPS) is 11.7. The minimum atomic E-state index is -3.78. The second kappa shape index (κ2) is 10.2. The fourth-order valence-corrected chi connectivity index (χ4v) is 5.32. The molecule has 12 heteroatoms. The first-order valence-electron chi connectivity index (χ1n) is 10.1. The number of anilines is 2. The molecule has 0 aliphatic heterocycles. The van der Waals surface area contributed by atoms with Crippen molar-refractivity contribution < 1.29 is 16.8 Å². The Morgan fingerprint density at radius 1 is 0.571 bits per heavy atom. The average molecular weight is 549 g/mol. The van der Waals surface area contributed by atoms with E-state index in [1.54, 1.807) is 24.3 Å². The summed E-state index contributed by atoms with van der Waals surface area (Å²) in [6, 6.07) is 19.5. The quantitative estimate of drug-likeness (QED) is 0.300. The number of pyridine rings is 2. The third-order valence-electron chi connectivity index (χ3n) is 4.84. The number of rotatable bonds is 8. The lowest BCUT2D eigenvalue weighted by molar-refractivity contribution is 0.599. The van der Waals surface area contributed by atoms with Gasteiger partial charge in [0.15, 0.2) is 0 Å². The molecule has 0 spiro atoms. The van der Waals surface area contributed by atoms with Crippen LogP contribution in [0.3, 0.4) is 0 Å². The van der Waals surface area contributed by atoms with Crippen molar-refractivity contribution in [1.29, 1.82) is 0 Å². The van der Waals surface area contributed by atoms with Crippen molar-refractivity contribution in [1.82, 2.24) is 9.97 Å². The lowest BCUT2D eigenvalue weighted by Gasteiger charge is -2.10. The summed E-state index contributed by atoms with van der Waals surface area (Å²) < 4.78 is 54.9. The summed E-state index contributed by atoms with van der Waals surface area (Å²) in [4.78, 5) is 7.60. The zero-order valence-corrected chi connectivity index (χ0v) is 21.0. The molecule has 2 aromatic carbocycles. The van der Waals surface area contributed by atoms with Crippen molar-refractivity contribution in [2.45, 2.75) is 16.2 Å². The molecule has 0 saturated heterocycles. The van der Waals surface area contributed by atoms with E-state index in [4.69, 9.17) is 23.2 Å². The van der Waals surface area contributed by atoms with Gasteiger partial charge in [-0.3, -0.25) is 9.44 Å². The van der Waals surface area contributed by atoms with Crippen LogP contribution in [0.5, 0.6) is 0 Å².